The molecule has 1 nitrogen and oxygen atoms in total. The van der Waals surface area contributed by atoms with Gasteiger partial charge in [0.15, 0.2) is 0 Å². The van der Waals surface area contributed by atoms with Crippen LogP contribution in [0.25, 0.3) is 0 Å². The molecule has 0 aromatic heterocycles. The van der Waals surface area contributed by atoms with Gasteiger partial charge in [-0.05, 0) is 24.5 Å². The molecule has 1 fully saturated rings. The topological polar surface area (TPSA) is 9.23 Å². The van der Waals surface area contributed by atoms with Crippen LogP contribution >= 0.6 is 0 Å². The van der Waals surface area contributed by atoms with Gasteiger partial charge in [-0.25, -0.2) is 0 Å². The zero-order valence-corrected chi connectivity index (χ0v) is 7.91. The standard InChI is InChI=1S/C12H16O/c1-2-7-12(8-3-1)13-10-9-11-5-4-6-11/h1-3,7-8,11H,4-6,9-10H2. The van der Waals surface area contributed by atoms with Crippen molar-refractivity contribution >= 4 is 0 Å². The van der Waals surface area contributed by atoms with E-state index in [0.29, 0.717) is 0 Å². The Morgan fingerprint density at radius 1 is 1.15 bits per heavy atom. The van der Waals surface area contributed by atoms with Gasteiger partial charge in [0.25, 0.3) is 0 Å². The Labute approximate surface area is 79.7 Å². The van der Waals surface area contributed by atoms with E-state index in [-0.39, 0.29) is 0 Å². The summed E-state index contributed by atoms with van der Waals surface area (Å²) in [6, 6.07) is 10.1. The van der Waals surface area contributed by atoms with Crippen LogP contribution in [0.5, 0.6) is 5.75 Å². The molecule has 0 unspecified atom stereocenters. The maximum atomic E-state index is 5.61. The molecule has 1 aliphatic rings. The van der Waals surface area contributed by atoms with E-state index in [1.54, 1.807) is 0 Å². The Bertz CT molecular complexity index is 239. The van der Waals surface area contributed by atoms with Gasteiger partial charge in [0, 0.05) is 0 Å². The first kappa shape index (κ1) is 8.61. The van der Waals surface area contributed by atoms with Crippen molar-refractivity contribution in [2.24, 2.45) is 5.92 Å². The first-order valence-corrected chi connectivity index (χ1v) is 5.13. The van der Waals surface area contributed by atoms with Crippen LogP contribution in [0.15, 0.2) is 30.3 Å². The third kappa shape index (κ3) is 2.48. The molecule has 0 bridgehead atoms. The second kappa shape index (κ2) is 4.31. The molecular formula is C12H16O. The van der Waals surface area contributed by atoms with Crippen molar-refractivity contribution < 1.29 is 4.74 Å². The van der Waals surface area contributed by atoms with Gasteiger partial charge in [-0.15, -0.1) is 0 Å². The van der Waals surface area contributed by atoms with Gasteiger partial charge in [0.05, 0.1) is 6.61 Å². The summed E-state index contributed by atoms with van der Waals surface area (Å²) < 4.78 is 5.61. The number of para-hydroxylation sites is 1. The van der Waals surface area contributed by atoms with Crippen molar-refractivity contribution in [1.82, 2.24) is 0 Å². The van der Waals surface area contributed by atoms with Crippen LogP contribution in [0.3, 0.4) is 0 Å². The minimum absolute atomic E-state index is 0.884. The molecule has 1 saturated carbocycles. The largest absolute Gasteiger partial charge is 0.494 e. The van der Waals surface area contributed by atoms with Crippen molar-refractivity contribution in [1.29, 1.82) is 0 Å². The lowest BCUT2D eigenvalue weighted by Crippen LogP contribution is -2.14. The van der Waals surface area contributed by atoms with E-state index in [2.05, 4.69) is 0 Å². The number of hydrogen-bond acceptors (Lipinski definition) is 1. The smallest absolute Gasteiger partial charge is 0.119 e. The SMILES string of the molecule is c1ccc(OCCC2CCC2)cc1. The molecule has 1 heteroatoms. The first-order chi connectivity index (χ1) is 6.45. The summed E-state index contributed by atoms with van der Waals surface area (Å²) in [5, 5.41) is 0. The van der Waals surface area contributed by atoms with Crippen molar-refractivity contribution in [3.05, 3.63) is 30.3 Å². The van der Waals surface area contributed by atoms with Crippen LogP contribution in [0.4, 0.5) is 0 Å². The monoisotopic (exact) mass is 176 g/mol. The molecule has 1 aromatic carbocycles. The summed E-state index contributed by atoms with van der Waals surface area (Å²) in [6.45, 7) is 0.884. The van der Waals surface area contributed by atoms with E-state index in [1.807, 2.05) is 30.3 Å². The van der Waals surface area contributed by atoms with E-state index in [1.165, 1.54) is 25.7 Å². The molecule has 0 aliphatic heterocycles. The van der Waals surface area contributed by atoms with Gasteiger partial charge >= 0.3 is 0 Å². The summed E-state index contributed by atoms with van der Waals surface area (Å²) in [6.07, 6.45) is 5.49. The summed E-state index contributed by atoms with van der Waals surface area (Å²) >= 11 is 0. The van der Waals surface area contributed by atoms with Gasteiger partial charge in [-0.1, -0.05) is 37.5 Å². The number of rotatable bonds is 4. The van der Waals surface area contributed by atoms with E-state index in [9.17, 15) is 0 Å². The van der Waals surface area contributed by atoms with Crippen LogP contribution in [0, 0.1) is 5.92 Å². The molecule has 0 heterocycles. The molecule has 13 heavy (non-hydrogen) atoms. The Hall–Kier alpha value is -0.980. The van der Waals surface area contributed by atoms with E-state index >= 15 is 0 Å². The van der Waals surface area contributed by atoms with Gasteiger partial charge < -0.3 is 4.74 Å². The highest BCUT2D eigenvalue weighted by Gasteiger charge is 2.16. The van der Waals surface area contributed by atoms with E-state index < -0.39 is 0 Å². The molecule has 70 valence electrons. The average Bonchev–Trinajstić information content (AvgIpc) is 2.11. The normalized spacial score (nSPS) is 16.6. The molecule has 2 rings (SSSR count). The summed E-state index contributed by atoms with van der Waals surface area (Å²) in [7, 11) is 0. The quantitative estimate of drug-likeness (QED) is 0.684. The number of ether oxygens (including phenoxy) is 1. The molecule has 0 amide bonds. The Morgan fingerprint density at radius 3 is 2.54 bits per heavy atom. The fourth-order valence-electron chi connectivity index (χ4n) is 1.64. The number of benzene rings is 1. The van der Waals surface area contributed by atoms with Gasteiger partial charge in [0.2, 0.25) is 0 Å². The lowest BCUT2D eigenvalue weighted by atomic mass is 9.83. The first-order valence-electron chi connectivity index (χ1n) is 5.13. The lowest BCUT2D eigenvalue weighted by molar-refractivity contribution is 0.222. The van der Waals surface area contributed by atoms with Gasteiger partial charge in [0.1, 0.15) is 5.75 Å². The predicted molar refractivity (Wildman–Crippen MR) is 53.9 cm³/mol. The second-order valence-electron chi connectivity index (χ2n) is 3.75. The molecular weight excluding hydrogens is 160 g/mol. The average molecular weight is 176 g/mol. The van der Waals surface area contributed by atoms with Crippen molar-refractivity contribution in [3.8, 4) is 5.75 Å². The lowest BCUT2D eigenvalue weighted by Gasteiger charge is -2.24. The molecule has 0 radical (unpaired) electrons. The molecule has 0 saturated heterocycles. The molecule has 0 atom stereocenters. The minimum atomic E-state index is 0.884. The van der Waals surface area contributed by atoms with Crippen LogP contribution in [-0.4, -0.2) is 6.61 Å². The number of hydrogen-bond donors (Lipinski definition) is 0. The minimum Gasteiger partial charge on any atom is -0.494 e. The van der Waals surface area contributed by atoms with Crippen LogP contribution in [0.2, 0.25) is 0 Å². The van der Waals surface area contributed by atoms with Crippen molar-refractivity contribution in [2.75, 3.05) is 6.61 Å². The van der Waals surface area contributed by atoms with Crippen LogP contribution in [-0.2, 0) is 0 Å². The fourth-order valence-corrected chi connectivity index (χ4v) is 1.64. The highest BCUT2D eigenvalue weighted by atomic mass is 16.5. The van der Waals surface area contributed by atoms with Crippen LogP contribution < -0.4 is 4.74 Å². The van der Waals surface area contributed by atoms with Gasteiger partial charge in [-0.3, -0.25) is 0 Å². The predicted octanol–water partition coefficient (Wildman–Crippen LogP) is 3.26. The second-order valence-corrected chi connectivity index (χ2v) is 3.75. The Morgan fingerprint density at radius 2 is 1.92 bits per heavy atom. The van der Waals surface area contributed by atoms with E-state index in [4.69, 9.17) is 4.74 Å². The van der Waals surface area contributed by atoms with Crippen molar-refractivity contribution in [3.63, 3.8) is 0 Å². The summed E-state index contributed by atoms with van der Waals surface area (Å²) in [5.74, 6) is 1.95. The zero-order valence-electron chi connectivity index (χ0n) is 7.91. The third-order valence-corrected chi connectivity index (χ3v) is 2.76. The third-order valence-electron chi connectivity index (χ3n) is 2.76. The highest BCUT2D eigenvalue weighted by molar-refractivity contribution is 5.20. The molecule has 0 N–H and O–H groups in total. The van der Waals surface area contributed by atoms with E-state index in [0.717, 1.165) is 18.3 Å². The summed E-state index contributed by atoms with van der Waals surface area (Å²) in [4.78, 5) is 0. The molecule has 0 spiro atoms. The molecule has 1 aromatic rings. The van der Waals surface area contributed by atoms with Gasteiger partial charge in [-0.2, -0.15) is 0 Å². The fraction of sp³-hybridized carbons (Fsp3) is 0.500. The van der Waals surface area contributed by atoms with Crippen LogP contribution in [0.1, 0.15) is 25.7 Å². The molecule has 1 aliphatic carbocycles. The van der Waals surface area contributed by atoms with Crippen molar-refractivity contribution in [2.45, 2.75) is 25.7 Å². The zero-order chi connectivity index (χ0) is 8.93. The maximum Gasteiger partial charge on any atom is 0.119 e. The maximum absolute atomic E-state index is 5.61. The highest BCUT2D eigenvalue weighted by Crippen LogP contribution is 2.29. The summed E-state index contributed by atoms with van der Waals surface area (Å²) in [5.41, 5.74) is 0. The Balaban J connectivity index is 1.67. The Kier molecular flexibility index (Phi) is 2.86.